The highest BCUT2D eigenvalue weighted by atomic mass is 32.2. The summed E-state index contributed by atoms with van der Waals surface area (Å²) in [6.45, 7) is 2.87. The maximum Gasteiger partial charge on any atom is 0.0991 e. The van der Waals surface area contributed by atoms with Gasteiger partial charge in [-0.05, 0) is 25.5 Å². The normalized spacial score (nSPS) is 25.9. The van der Waals surface area contributed by atoms with Crippen LogP contribution in [0, 0.1) is 0 Å². The second kappa shape index (κ2) is 4.67. The molecule has 10 heavy (non-hydrogen) atoms. The SMILES string of the molecule is C/C=C/OCC1CCCS1. The van der Waals surface area contributed by atoms with E-state index in [1.54, 1.807) is 6.26 Å². The highest BCUT2D eigenvalue weighted by Crippen LogP contribution is 2.25. The van der Waals surface area contributed by atoms with E-state index in [0.29, 0.717) is 0 Å². The Morgan fingerprint density at radius 3 is 3.20 bits per heavy atom. The third-order valence-corrected chi connectivity index (χ3v) is 2.91. The smallest absolute Gasteiger partial charge is 0.0991 e. The summed E-state index contributed by atoms with van der Waals surface area (Å²) in [5, 5.41) is 0.760. The van der Waals surface area contributed by atoms with Crippen molar-refractivity contribution in [3.63, 3.8) is 0 Å². The van der Waals surface area contributed by atoms with E-state index in [1.165, 1.54) is 18.6 Å². The zero-order valence-corrected chi connectivity index (χ0v) is 7.19. The van der Waals surface area contributed by atoms with E-state index in [0.717, 1.165) is 11.9 Å². The van der Waals surface area contributed by atoms with Gasteiger partial charge in [0.1, 0.15) is 0 Å². The quantitative estimate of drug-likeness (QED) is 0.583. The molecule has 1 unspecified atom stereocenters. The molecule has 58 valence electrons. The number of hydrogen-bond donors (Lipinski definition) is 0. The largest absolute Gasteiger partial charge is 0.500 e. The van der Waals surface area contributed by atoms with Gasteiger partial charge in [0.05, 0.1) is 12.9 Å². The van der Waals surface area contributed by atoms with E-state index in [-0.39, 0.29) is 0 Å². The summed E-state index contributed by atoms with van der Waals surface area (Å²) in [6.07, 6.45) is 6.41. The van der Waals surface area contributed by atoms with Gasteiger partial charge in [0.2, 0.25) is 0 Å². The summed E-state index contributed by atoms with van der Waals surface area (Å²) >= 11 is 2.03. The average molecular weight is 158 g/mol. The van der Waals surface area contributed by atoms with Crippen molar-refractivity contribution in [3.05, 3.63) is 12.3 Å². The molecular weight excluding hydrogens is 144 g/mol. The molecule has 1 aliphatic rings. The standard InChI is InChI=1S/C8H14OS/c1-2-5-9-7-8-4-3-6-10-8/h2,5,8H,3-4,6-7H2,1H3/b5-2+. The Bertz CT molecular complexity index is 106. The summed E-state index contributed by atoms with van der Waals surface area (Å²) in [5.41, 5.74) is 0. The van der Waals surface area contributed by atoms with E-state index in [4.69, 9.17) is 4.74 Å². The van der Waals surface area contributed by atoms with Crippen molar-refractivity contribution in [2.24, 2.45) is 0 Å². The lowest BCUT2D eigenvalue weighted by atomic mass is 10.3. The Morgan fingerprint density at radius 1 is 1.70 bits per heavy atom. The number of rotatable bonds is 3. The summed E-state index contributed by atoms with van der Waals surface area (Å²) in [4.78, 5) is 0. The Kier molecular flexibility index (Phi) is 3.73. The molecule has 0 radical (unpaired) electrons. The summed E-state index contributed by atoms with van der Waals surface area (Å²) in [5.74, 6) is 1.32. The molecule has 1 heterocycles. The predicted octanol–water partition coefficient (Wildman–Crippen LogP) is 2.43. The van der Waals surface area contributed by atoms with Crippen LogP contribution in [0.1, 0.15) is 19.8 Å². The fraction of sp³-hybridized carbons (Fsp3) is 0.750. The molecule has 1 aliphatic heterocycles. The number of allylic oxidation sites excluding steroid dienone is 1. The van der Waals surface area contributed by atoms with Crippen molar-refractivity contribution in [3.8, 4) is 0 Å². The van der Waals surface area contributed by atoms with Gasteiger partial charge in [0.25, 0.3) is 0 Å². The summed E-state index contributed by atoms with van der Waals surface area (Å²) in [6, 6.07) is 0. The minimum absolute atomic E-state index is 0.760. The van der Waals surface area contributed by atoms with Crippen LogP contribution in [0.25, 0.3) is 0 Å². The van der Waals surface area contributed by atoms with Gasteiger partial charge in [-0.2, -0.15) is 11.8 Å². The van der Waals surface area contributed by atoms with E-state index < -0.39 is 0 Å². The maximum atomic E-state index is 5.27. The molecule has 0 saturated carbocycles. The minimum Gasteiger partial charge on any atom is -0.500 e. The third kappa shape index (κ3) is 2.65. The fourth-order valence-corrected chi connectivity index (χ4v) is 2.21. The molecule has 0 N–H and O–H groups in total. The second-order valence-corrected chi connectivity index (χ2v) is 3.85. The van der Waals surface area contributed by atoms with E-state index in [9.17, 15) is 0 Å². The molecule has 0 bridgehead atoms. The first-order chi connectivity index (χ1) is 4.93. The van der Waals surface area contributed by atoms with Gasteiger partial charge in [0.15, 0.2) is 0 Å². The molecule has 0 spiro atoms. The number of thioether (sulfide) groups is 1. The van der Waals surface area contributed by atoms with Gasteiger partial charge >= 0.3 is 0 Å². The Balaban J connectivity index is 2.01. The van der Waals surface area contributed by atoms with Crippen molar-refractivity contribution >= 4 is 11.8 Å². The van der Waals surface area contributed by atoms with Crippen LogP contribution in [0.4, 0.5) is 0 Å². The number of ether oxygens (including phenoxy) is 1. The fourth-order valence-electron chi connectivity index (χ4n) is 1.03. The molecule has 2 heteroatoms. The van der Waals surface area contributed by atoms with Gasteiger partial charge in [-0.1, -0.05) is 6.08 Å². The lowest BCUT2D eigenvalue weighted by Gasteiger charge is -2.05. The second-order valence-electron chi connectivity index (χ2n) is 2.44. The Labute approximate surface area is 66.8 Å². The molecule has 1 atom stereocenters. The third-order valence-electron chi connectivity index (χ3n) is 1.54. The van der Waals surface area contributed by atoms with Crippen LogP contribution < -0.4 is 0 Å². The first kappa shape index (κ1) is 7.99. The van der Waals surface area contributed by atoms with Gasteiger partial charge < -0.3 is 4.74 Å². The Morgan fingerprint density at radius 2 is 2.60 bits per heavy atom. The molecule has 1 fully saturated rings. The first-order valence-electron chi connectivity index (χ1n) is 3.78. The van der Waals surface area contributed by atoms with Crippen molar-refractivity contribution < 1.29 is 4.74 Å². The monoisotopic (exact) mass is 158 g/mol. The van der Waals surface area contributed by atoms with Crippen molar-refractivity contribution in [1.29, 1.82) is 0 Å². The van der Waals surface area contributed by atoms with Crippen LogP contribution in [0.15, 0.2) is 12.3 Å². The van der Waals surface area contributed by atoms with Crippen molar-refractivity contribution in [2.45, 2.75) is 25.0 Å². The molecule has 0 aromatic carbocycles. The van der Waals surface area contributed by atoms with Gasteiger partial charge in [-0.3, -0.25) is 0 Å². The van der Waals surface area contributed by atoms with E-state index in [2.05, 4.69) is 0 Å². The van der Waals surface area contributed by atoms with Crippen molar-refractivity contribution in [1.82, 2.24) is 0 Å². The summed E-state index contributed by atoms with van der Waals surface area (Å²) < 4.78 is 5.27. The van der Waals surface area contributed by atoms with Crippen LogP contribution in [0.3, 0.4) is 0 Å². The molecular formula is C8H14OS. The highest BCUT2D eigenvalue weighted by molar-refractivity contribution is 8.00. The van der Waals surface area contributed by atoms with Crippen LogP contribution in [-0.4, -0.2) is 17.6 Å². The molecule has 1 saturated heterocycles. The van der Waals surface area contributed by atoms with Crippen LogP contribution in [0.2, 0.25) is 0 Å². The maximum absolute atomic E-state index is 5.27. The van der Waals surface area contributed by atoms with Crippen LogP contribution >= 0.6 is 11.8 Å². The topological polar surface area (TPSA) is 9.23 Å². The Hall–Kier alpha value is -0.110. The highest BCUT2D eigenvalue weighted by Gasteiger charge is 2.14. The molecule has 0 aromatic heterocycles. The van der Waals surface area contributed by atoms with Gasteiger partial charge in [0, 0.05) is 5.25 Å². The minimum atomic E-state index is 0.760. The molecule has 1 nitrogen and oxygen atoms in total. The molecule has 0 aromatic rings. The predicted molar refractivity (Wildman–Crippen MR) is 46.2 cm³/mol. The van der Waals surface area contributed by atoms with Crippen LogP contribution in [-0.2, 0) is 4.74 Å². The molecule has 1 rings (SSSR count). The number of hydrogen-bond acceptors (Lipinski definition) is 2. The zero-order chi connectivity index (χ0) is 7.23. The van der Waals surface area contributed by atoms with Crippen LogP contribution in [0.5, 0.6) is 0 Å². The lowest BCUT2D eigenvalue weighted by Crippen LogP contribution is -2.04. The average Bonchev–Trinajstić information content (AvgIpc) is 2.41. The van der Waals surface area contributed by atoms with Gasteiger partial charge in [-0.15, -0.1) is 0 Å². The lowest BCUT2D eigenvalue weighted by molar-refractivity contribution is 0.248. The van der Waals surface area contributed by atoms with E-state index >= 15 is 0 Å². The molecule has 0 amide bonds. The van der Waals surface area contributed by atoms with E-state index in [1.807, 2.05) is 24.8 Å². The molecule has 0 aliphatic carbocycles. The summed E-state index contributed by atoms with van der Waals surface area (Å²) in [7, 11) is 0. The first-order valence-corrected chi connectivity index (χ1v) is 4.82. The van der Waals surface area contributed by atoms with Crippen molar-refractivity contribution in [2.75, 3.05) is 12.4 Å². The zero-order valence-electron chi connectivity index (χ0n) is 6.38. The van der Waals surface area contributed by atoms with Gasteiger partial charge in [-0.25, -0.2) is 0 Å².